The number of H-pyrrole nitrogens is 1. The molecule has 0 spiro atoms. The van der Waals surface area contributed by atoms with Gasteiger partial charge in [0.25, 0.3) is 5.91 Å². The van der Waals surface area contributed by atoms with E-state index in [0.717, 1.165) is 0 Å². The maximum atomic E-state index is 12.0. The fraction of sp³-hybridized carbons (Fsp3) is 0.462. The van der Waals surface area contributed by atoms with Crippen LogP contribution in [0.5, 0.6) is 0 Å². The van der Waals surface area contributed by atoms with Gasteiger partial charge in [0.15, 0.2) is 11.9 Å². The number of nitrogens with one attached hydrogen (secondary N) is 1. The topological polar surface area (TPSA) is 102 Å². The predicted molar refractivity (Wildman–Crippen MR) is 69.0 cm³/mol. The van der Waals surface area contributed by atoms with Crippen molar-refractivity contribution in [1.82, 2.24) is 4.98 Å². The van der Waals surface area contributed by atoms with Crippen LogP contribution >= 0.6 is 0 Å². The van der Waals surface area contributed by atoms with Crippen molar-refractivity contribution < 1.29 is 19.1 Å². The number of ether oxygens (including phenoxy) is 1. The first-order valence-corrected chi connectivity index (χ1v) is 6.02. The molecular formula is C13H18N2O4. The lowest BCUT2D eigenvalue weighted by atomic mass is 10.0. The van der Waals surface area contributed by atoms with E-state index in [4.69, 9.17) is 10.5 Å². The lowest BCUT2D eigenvalue weighted by Gasteiger charge is -2.09. The van der Waals surface area contributed by atoms with E-state index in [-0.39, 0.29) is 11.5 Å². The molecule has 1 aromatic heterocycles. The number of amides is 1. The van der Waals surface area contributed by atoms with E-state index in [2.05, 4.69) is 4.98 Å². The fourth-order valence-corrected chi connectivity index (χ4v) is 1.96. The highest BCUT2D eigenvalue weighted by atomic mass is 16.5. The number of aryl methyl sites for hydroxylation is 1. The lowest BCUT2D eigenvalue weighted by Crippen LogP contribution is -2.30. The number of hydrogen-bond acceptors (Lipinski definition) is 4. The Balaban J connectivity index is 3.14. The molecule has 0 fully saturated rings. The van der Waals surface area contributed by atoms with Crippen LogP contribution in [-0.4, -0.2) is 28.7 Å². The van der Waals surface area contributed by atoms with Crippen molar-refractivity contribution in [1.29, 1.82) is 0 Å². The zero-order valence-corrected chi connectivity index (χ0v) is 11.5. The van der Waals surface area contributed by atoms with E-state index in [1.54, 1.807) is 6.92 Å². The molecule has 6 heteroatoms. The molecule has 1 heterocycles. The molecule has 1 rings (SSSR count). The average Bonchev–Trinajstić information content (AvgIpc) is 2.65. The summed E-state index contributed by atoms with van der Waals surface area (Å²) in [5.74, 6) is -1.52. The molecule has 0 saturated heterocycles. The third-order valence-corrected chi connectivity index (χ3v) is 2.89. The van der Waals surface area contributed by atoms with Gasteiger partial charge in [0.2, 0.25) is 0 Å². The van der Waals surface area contributed by atoms with Crippen LogP contribution in [0.2, 0.25) is 0 Å². The Labute approximate surface area is 111 Å². The van der Waals surface area contributed by atoms with Gasteiger partial charge >= 0.3 is 5.97 Å². The van der Waals surface area contributed by atoms with Crippen molar-refractivity contribution in [2.75, 3.05) is 0 Å². The number of aromatic nitrogens is 1. The Bertz CT molecular complexity index is 531. The molecule has 19 heavy (non-hydrogen) atoms. The number of nitrogens with two attached hydrogens (primary N) is 1. The SMILES string of the molecule is CCc1c(C(=O)O[C@H](C)C(N)=O)[nH]c(C)c1C(C)=O. The molecule has 1 aromatic rings. The Morgan fingerprint density at radius 2 is 1.95 bits per heavy atom. The highest BCUT2D eigenvalue weighted by Gasteiger charge is 2.24. The fourth-order valence-electron chi connectivity index (χ4n) is 1.96. The van der Waals surface area contributed by atoms with Crippen molar-refractivity contribution in [3.05, 3.63) is 22.5 Å². The second-order valence-corrected chi connectivity index (χ2v) is 4.34. The van der Waals surface area contributed by atoms with Crippen LogP contribution in [-0.2, 0) is 16.0 Å². The molecule has 0 aliphatic heterocycles. The molecule has 3 N–H and O–H groups in total. The second-order valence-electron chi connectivity index (χ2n) is 4.34. The molecule has 0 aliphatic rings. The molecule has 1 atom stereocenters. The van der Waals surface area contributed by atoms with Crippen molar-refractivity contribution in [2.45, 2.75) is 40.2 Å². The quantitative estimate of drug-likeness (QED) is 0.615. The van der Waals surface area contributed by atoms with Crippen molar-refractivity contribution >= 4 is 17.7 Å². The first-order chi connectivity index (χ1) is 8.79. The minimum atomic E-state index is -1.01. The maximum Gasteiger partial charge on any atom is 0.355 e. The zero-order chi connectivity index (χ0) is 14.7. The van der Waals surface area contributed by atoms with Gasteiger partial charge in [-0.05, 0) is 32.8 Å². The zero-order valence-electron chi connectivity index (χ0n) is 11.5. The molecule has 1 amide bonds. The van der Waals surface area contributed by atoms with Crippen LogP contribution in [0.25, 0.3) is 0 Å². The molecule has 0 radical (unpaired) electrons. The number of rotatable bonds is 5. The Morgan fingerprint density at radius 1 is 1.37 bits per heavy atom. The molecule has 0 unspecified atom stereocenters. The van der Waals surface area contributed by atoms with Crippen molar-refractivity contribution in [3.8, 4) is 0 Å². The van der Waals surface area contributed by atoms with Gasteiger partial charge < -0.3 is 15.5 Å². The summed E-state index contributed by atoms with van der Waals surface area (Å²) in [7, 11) is 0. The van der Waals surface area contributed by atoms with Gasteiger partial charge in [-0.25, -0.2) is 4.79 Å². The van der Waals surface area contributed by atoms with E-state index in [1.165, 1.54) is 13.8 Å². The minimum absolute atomic E-state index is 0.118. The normalized spacial score (nSPS) is 12.0. The molecule has 0 aromatic carbocycles. The number of carbonyl (C=O) groups is 3. The third kappa shape index (κ3) is 3.01. The first kappa shape index (κ1) is 14.9. The van der Waals surface area contributed by atoms with E-state index < -0.39 is 18.0 Å². The Kier molecular flexibility index (Phi) is 4.47. The molecule has 0 aliphatic carbocycles. The molecule has 0 saturated carbocycles. The molecule has 6 nitrogen and oxygen atoms in total. The minimum Gasteiger partial charge on any atom is -0.448 e. The molecule has 104 valence electrons. The number of Topliss-reactive ketones (excluding diaryl/α,β-unsaturated/α-hetero) is 1. The van der Waals surface area contributed by atoms with Gasteiger partial charge in [0.1, 0.15) is 5.69 Å². The van der Waals surface area contributed by atoms with Gasteiger partial charge in [-0.15, -0.1) is 0 Å². The third-order valence-electron chi connectivity index (χ3n) is 2.89. The maximum absolute atomic E-state index is 12.0. The van der Waals surface area contributed by atoms with Crippen LogP contribution < -0.4 is 5.73 Å². The lowest BCUT2D eigenvalue weighted by molar-refractivity contribution is -0.125. The van der Waals surface area contributed by atoms with Crippen molar-refractivity contribution in [2.24, 2.45) is 5.73 Å². The van der Waals surface area contributed by atoms with E-state index in [1.807, 2.05) is 6.92 Å². The monoisotopic (exact) mass is 266 g/mol. The van der Waals surface area contributed by atoms with E-state index >= 15 is 0 Å². The number of carbonyl (C=O) groups excluding carboxylic acids is 3. The number of hydrogen-bond donors (Lipinski definition) is 2. The summed E-state index contributed by atoms with van der Waals surface area (Å²) in [5, 5.41) is 0. The largest absolute Gasteiger partial charge is 0.448 e. The van der Waals surface area contributed by atoms with Crippen LogP contribution in [0, 0.1) is 6.92 Å². The summed E-state index contributed by atoms with van der Waals surface area (Å²) in [4.78, 5) is 37.2. The van der Waals surface area contributed by atoms with Gasteiger partial charge in [0.05, 0.1) is 0 Å². The Morgan fingerprint density at radius 3 is 2.37 bits per heavy atom. The van der Waals surface area contributed by atoms with Crippen LogP contribution in [0.1, 0.15) is 52.9 Å². The van der Waals surface area contributed by atoms with Gasteiger partial charge in [-0.1, -0.05) is 6.92 Å². The van der Waals surface area contributed by atoms with Gasteiger partial charge in [-0.2, -0.15) is 0 Å². The summed E-state index contributed by atoms with van der Waals surface area (Å²) in [6.07, 6.45) is -0.504. The number of ketones is 1. The average molecular weight is 266 g/mol. The van der Waals surface area contributed by atoms with Crippen LogP contribution in [0.3, 0.4) is 0 Å². The standard InChI is InChI=1S/C13H18N2O4/c1-5-9-10(7(3)16)6(2)15-11(9)13(18)19-8(4)12(14)17/h8,15H,5H2,1-4H3,(H2,14,17)/t8-/m1/s1. The molecule has 0 bridgehead atoms. The van der Waals surface area contributed by atoms with Gasteiger partial charge in [-0.3, -0.25) is 9.59 Å². The number of aromatic amines is 1. The first-order valence-electron chi connectivity index (χ1n) is 6.02. The van der Waals surface area contributed by atoms with Crippen LogP contribution in [0.4, 0.5) is 0 Å². The predicted octanol–water partition coefficient (Wildman–Crippen LogP) is 1.12. The van der Waals surface area contributed by atoms with E-state index in [0.29, 0.717) is 23.2 Å². The summed E-state index contributed by atoms with van der Waals surface area (Å²) in [6, 6.07) is 0. The van der Waals surface area contributed by atoms with Crippen LogP contribution in [0.15, 0.2) is 0 Å². The number of esters is 1. The van der Waals surface area contributed by atoms with Gasteiger partial charge in [0, 0.05) is 11.3 Å². The van der Waals surface area contributed by atoms with E-state index in [9.17, 15) is 14.4 Å². The second kappa shape index (κ2) is 5.69. The summed E-state index contributed by atoms with van der Waals surface area (Å²) in [6.45, 7) is 6.39. The smallest absolute Gasteiger partial charge is 0.355 e. The summed E-state index contributed by atoms with van der Waals surface area (Å²) >= 11 is 0. The summed E-state index contributed by atoms with van der Waals surface area (Å²) in [5.41, 5.74) is 6.96. The Hall–Kier alpha value is -2.11. The molecular weight excluding hydrogens is 248 g/mol. The summed E-state index contributed by atoms with van der Waals surface area (Å²) < 4.78 is 4.93. The number of primary amides is 1. The van der Waals surface area contributed by atoms with Crippen molar-refractivity contribution in [3.63, 3.8) is 0 Å². The highest BCUT2D eigenvalue weighted by molar-refractivity contribution is 6.01. The highest BCUT2D eigenvalue weighted by Crippen LogP contribution is 2.21.